The maximum atomic E-state index is 0. The minimum absolute atomic E-state index is 0. The third kappa shape index (κ3) is 8.85. The summed E-state index contributed by atoms with van der Waals surface area (Å²) in [4.78, 5) is 0. The van der Waals surface area contributed by atoms with Gasteiger partial charge in [-0.3, -0.25) is 0 Å². The van der Waals surface area contributed by atoms with E-state index >= 15 is 0 Å². The Morgan fingerprint density at radius 2 is 1.00 bits per heavy atom. The van der Waals surface area contributed by atoms with Crippen molar-refractivity contribution in [3.63, 3.8) is 0 Å². The van der Waals surface area contributed by atoms with Crippen LogP contribution in [0.25, 0.3) is 0 Å². The summed E-state index contributed by atoms with van der Waals surface area (Å²) in [5, 5.41) is 0. The maximum Gasteiger partial charge on any atom is 0 e. The van der Waals surface area contributed by atoms with Crippen LogP contribution in [0.1, 0.15) is 0 Å². The van der Waals surface area contributed by atoms with Crippen LogP contribution in [0.2, 0.25) is 0 Å². The zero-order chi connectivity index (χ0) is 0. The second kappa shape index (κ2) is 18.4. The molecule has 0 rings (SSSR count). The van der Waals surface area contributed by atoms with E-state index in [1.54, 1.807) is 0 Å². The zero-order valence-corrected chi connectivity index (χ0v) is 9.53. The van der Waals surface area contributed by atoms with Crippen molar-refractivity contribution in [2.75, 3.05) is 0 Å². The maximum absolute atomic E-state index is 0. The summed E-state index contributed by atoms with van der Waals surface area (Å²) >= 11 is 0. The van der Waals surface area contributed by atoms with Crippen molar-refractivity contribution in [3.8, 4) is 0 Å². The molecule has 0 unspecified atom stereocenters. The van der Waals surface area contributed by atoms with Gasteiger partial charge in [-0.1, -0.05) is 0 Å². The van der Waals surface area contributed by atoms with Crippen LogP contribution in [-0.4, -0.2) is 28.3 Å². The Hall–Kier alpha value is 2.32. The molecular formula is AlSiWZr. The van der Waals surface area contributed by atoms with Gasteiger partial charge in [-0.25, -0.2) is 0 Å². The van der Waals surface area contributed by atoms with E-state index in [1.165, 1.54) is 0 Å². The topological polar surface area (TPSA) is 0 Å². The molecule has 0 nitrogen and oxygen atoms in total. The van der Waals surface area contributed by atoms with Gasteiger partial charge in [0.05, 0.1) is 0 Å². The molecule has 17 valence electrons. The predicted molar refractivity (Wildman–Crippen MR) is 11.5 cm³/mol. The molecule has 0 aromatic rings. The number of rotatable bonds is 0. The second-order valence-corrected chi connectivity index (χ2v) is 0. The molecule has 0 saturated heterocycles. The second-order valence-electron chi connectivity index (χ2n) is 0. The van der Waals surface area contributed by atoms with Crippen LogP contribution in [0.3, 0.4) is 0 Å². The molecule has 4 heteroatoms. The molecule has 0 aromatic carbocycles. The van der Waals surface area contributed by atoms with Crippen LogP contribution in [0.15, 0.2) is 0 Å². The number of hydrogen-bond acceptors (Lipinski definition) is 0. The van der Waals surface area contributed by atoms with E-state index in [2.05, 4.69) is 0 Å². The van der Waals surface area contributed by atoms with E-state index in [1.807, 2.05) is 0 Å². The zero-order valence-electron chi connectivity index (χ0n) is 1.99. The molecule has 0 aliphatic carbocycles. The Kier molecular flexibility index (Phi) is 153. The van der Waals surface area contributed by atoms with Crippen molar-refractivity contribution in [2.45, 2.75) is 0 Å². The monoisotopic (exact) mass is 329 g/mol. The smallest absolute Gasteiger partial charge is 0 e. The third-order valence-electron chi connectivity index (χ3n) is 0. The van der Waals surface area contributed by atoms with E-state index in [9.17, 15) is 0 Å². The SMILES string of the molecule is [Al].[Si].[W].[Zr]. The summed E-state index contributed by atoms with van der Waals surface area (Å²) in [6.45, 7) is 0. The standard InChI is InChI=1S/Al.Si.W.Zr. The Labute approximate surface area is 74.7 Å². The van der Waals surface area contributed by atoms with Gasteiger partial charge in [0.2, 0.25) is 0 Å². The van der Waals surface area contributed by atoms with Gasteiger partial charge in [0, 0.05) is 75.6 Å². The average Bonchev–Trinajstić information content (AvgIpc) is 0. The quantitative estimate of drug-likeness (QED) is 0.512. The Bertz CT molecular complexity index is 8.00. The van der Waals surface area contributed by atoms with Crippen LogP contribution < -0.4 is 0 Å². The van der Waals surface area contributed by atoms with Crippen molar-refractivity contribution in [1.29, 1.82) is 0 Å². The molecule has 0 bridgehead atoms. The average molecular weight is 330 g/mol. The van der Waals surface area contributed by atoms with Crippen LogP contribution in [-0.2, 0) is 47.3 Å². The molecule has 0 amide bonds. The summed E-state index contributed by atoms with van der Waals surface area (Å²) in [7, 11) is 0. The van der Waals surface area contributed by atoms with Crippen molar-refractivity contribution in [2.24, 2.45) is 0 Å². The van der Waals surface area contributed by atoms with Gasteiger partial charge >= 0.3 is 0 Å². The van der Waals surface area contributed by atoms with Crippen LogP contribution in [0.4, 0.5) is 0 Å². The van der Waals surface area contributed by atoms with Gasteiger partial charge in [-0.05, 0) is 0 Å². The Morgan fingerprint density at radius 1 is 1.00 bits per heavy atom. The summed E-state index contributed by atoms with van der Waals surface area (Å²) in [6.07, 6.45) is 0. The van der Waals surface area contributed by atoms with Gasteiger partial charge in [0.25, 0.3) is 0 Å². The predicted octanol–water partition coefficient (Wildman–Crippen LogP) is -0.767. The first-order chi connectivity index (χ1) is 0. The third-order valence-corrected chi connectivity index (χ3v) is 0. The van der Waals surface area contributed by atoms with Gasteiger partial charge in [-0.15, -0.1) is 0 Å². The Morgan fingerprint density at radius 3 is 1.00 bits per heavy atom. The van der Waals surface area contributed by atoms with E-state index in [0.29, 0.717) is 0 Å². The van der Waals surface area contributed by atoms with E-state index in [0.717, 1.165) is 0 Å². The van der Waals surface area contributed by atoms with Crippen molar-refractivity contribution >= 4 is 28.3 Å². The van der Waals surface area contributed by atoms with Crippen LogP contribution in [0, 0.1) is 0 Å². The Balaban J connectivity index is 0. The van der Waals surface area contributed by atoms with Crippen molar-refractivity contribution < 1.29 is 47.3 Å². The van der Waals surface area contributed by atoms with Gasteiger partial charge in [0.1, 0.15) is 0 Å². The molecule has 0 spiro atoms. The molecule has 7 radical (unpaired) electrons. The first kappa shape index (κ1) is 33.2. The van der Waals surface area contributed by atoms with E-state index in [4.69, 9.17) is 0 Å². The molecular weight excluding hydrogens is 330 g/mol. The van der Waals surface area contributed by atoms with Crippen LogP contribution in [0.5, 0.6) is 0 Å². The fraction of sp³-hybridized carbons (Fsp3) is 0. The van der Waals surface area contributed by atoms with Gasteiger partial charge < -0.3 is 0 Å². The molecule has 4 heavy (non-hydrogen) atoms. The van der Waals surface area contributed by atoms with E-state index in [-0.39, 0.29) is 75.6 Å². The first-order valence-electron chi connectivity index (χ1n) is 0. The van der Waals surface area contributed by atoms with Gasteiger partial charge in [-0.2, -0.15) is 0 Å². The van der Waals surface area contributed by atoms with E-state index < -0.39 is 0 Å². The minimum atomic E-state index is 0. The van der Waals surface area contributed by atoms with Crippen molar-refractivity contribution in [3.05, 3.63) is 0 Å². The van der Waals surface area contributed by atoms with Crippen molar-refractivity contribution in [1.82, 2.24) is 0 Å². The minimum Gasteiger partial charge on any atom is 0 e. The number of hydrogen-bond donors (Lipinski definition) is 0. The molecule has 0 aliphatic rings. The first-order valence-corrected chi connectivity index (χ1v) is 0. The normalized spacial score (nSPS) is 0. The summed E-state index contributed by atoms with van der Waals surface area (Å²) in [5.74, 6) is 0. The molecule has 0 heterocycles. The molecule has 0 saturated carbocycles. The molecule has 0 aliphatic heterocycles. The molecule has 0 aromatic heterocycles. The summed E-state index contributed by atoms with van der Waals surface area (Å²) in [6, 6.07) is 0. The fourth-order valence-corrected chi connectivity index (χ4v) is 0. The molecule has 0 fully saturated rings. The van der Waals surface area contributed by atoms with Crippen LogP contribution >= 0.6 is 0 Å². The molecule has 0 atom stereocenters. The summed E-state index contributed by atoms with van der Waals surface area (Å²) in [5.41, 5.74) is 0. The molecule has 0 N–H and O–H groups in total. The fourth-order valence-electron chi connectivity index (χ4n) is 0. The largest absolute Gasteiger partial charge is 0 e. The summed E-state index contributed by atoms with van der Waals surface area (Å²) < 4.78 is 0. The van der Waals surface area contributed by atoms with Gasteiger partial charge in [0.15, 0.2) is 0 Å².